The minimum absolute atomic E-state index is 0.238. The molecule has 4 heteroatoms. The van der Waals surface area contributed by atoms with Gasteiger partial charge in [-0.25, -0.2) is 0 Å². The van der Waals surface area contributed by atoms with E-state index < -0.39 is 0 Å². The molecule has 0 radical (unpaired) electrons. The van der Waals surface area contributed by atoms with Gasteiger partial charge in [0.2, 0.25) is 0 Å². The summed E-state index contributed by atoms with van der Waals surface area (Å²) >= 11 is 0. The zero-order valence-electron chi connectivity index (χ0n) is 11.7. The Kier molecular flexibility index (Phi) is 2.55. The molecule has 0 aromatic carbocycles. The summed E-state index contributed by atoms with van der Waals surface area (Å²) in [7, 11) is 1.98. The highest BCUT2D eigenvalue weighted by Crippen LogP contribution is 2.63. The van der Waals surface area contributed by atoms with Crippen LogP contribution in [0.15, 0.2) is 12.3 Å². The van der Waals surface area contributed by atoms with Gasteiger partial charge in [-0.15, -0.1) is 0 Å². The van der Waals surface area contributed by atoms with E-state index in [4.69, 9.17) is 5.84 Å². The van der Waals surface area contributed by atoms with Gasteiger partial charge in [-0.3, -0.25) is 16.0 Å². The summed E-state index contributed by atoms with van der Waals surface area (Å²) in [5.41, 5.74) is 4.62. The van der Waals surface area contributed by atoms with Crippen LogP contribution in [-0.2, 0) is 7.05 Å². The molecule has 4 saturated carbocycles. The fourth-order valence-electron chi connectivity index (χ4n) is 5.69. The zero-order chi connectivity index (χ0) is 13.0. The molecule has 0 saturated heterocycles. The lowest BCUT2D eigenvalue weighted by atomic mass is 9.47. The molecule has 4 nitrogen and oxygen atoms in total. The summed E-state index contributed by atoms with van der Waals surface area (Å²) in [5.74, 6) is 8.79. The van der Waals surface area contributed by atoms with Crippen LogP contribution in [0.1, 0.15) is 50.3 Å². The molecular formula is C15H24N4. The molecular weight excluding hydrogens is 236 g/mol. The highest BCUT2D eigenvalue weighted by molar-refractivity contribution is 5.15. The highest BCUT2D eigenvalue weighted by Gasteiger charge is 2.54. The van der Waals surface area contributed by atoms with Gasteiger partial charge in [0.15, 0.2) is 0 Å². The molecule has 104 valence electrons. The molecule has 19 heavy (non-hydrogen) atoms. The van der Waals surface area contributed by atoms with Crippen molar-refractivity contribution in [2.45, 2.75) is 44.6 Å². The van der Waals surface area contributed by atoms with Crippen molar-refractivity contribution in [2.75, 3.05) is 0 Å². The van der Waals surface area contributed by atoms with E-state index in [9.17, 15) is 0 Å². The minimum Gasteiger partial charge on any atom is -0.275 e. The van der Waals surface area contributed by atoms with Gasteiger partial charge in [-0.2, -0.15) is 5.10 Å². The van der Waals surface area contributed by atoms with E-state index in [0.29, 0.717) is 5.41 Å². The van der Waals surface area contributed by atoms with Crippen LogP contribution >= 0.6 is 0 Å². The van der Waals surface area contributed by atoms with Gasteiger partial charge in [0.05, 0.1) is 11.7 Å². The molecule has 0 spiro atoms. The smallest absolute Gasteiger partial charge is 0.0813 e. The van der Waals surface area contributed by atoms with Crippen LogP contribution in [0.5, 0.6) is 0 Å². The Morgan fingerprint density at radius 2 is 1.84 bits per heavy atom. The Balaban J connectivity index is 1.69. The third-order valence-electron chi connectivity index (χ3n) is 5.89. The number of aryl methyl sites for hydroxylation is 1. The van der Waals surface area contributed by atoms with Crippen LogP contribution in [0.2, 0.25) is 0 Å². The van der Waals surface area contributed by atoms with Gasteiger partial charge >= 0.3 is 0 Å². The van der Waals surface area contributed by atoms with Crippen LogP contribution in [0, 0.1) is 23.2 Å². The van der Waals surface area contributed by atoms with E-state index in [1.54, 1.807) is 0 Å². The van der Waals surface area contributed by atoms with Gasteiger partial charge in [0.25, 0.3) is 0 Å². The number of rotatable bonds is 3. The second-order valence-corrected chi connectivity index (χ2v) is 7.29. The molecule has 4 aliphatic carbocycles. The van der Waals surface area contributed by atoms with Crippen LogP contribution < -0.4 is 11.3 Å². The maximum atomic E-state index is 5.94. The van der Waals surface area contributed by atoms with Crippen molar-refractivity contribution in [2.24, 2.45) is 36.1 Å². The first-order valence-electron chi connectivity index (χ1n) is 7.64. The van der Waals surface area contributed by atoms with Crippen molar-refractivity contribution in [1.82, 2.24) is 15.2 Å². The summed E-state index contributed by atoms with van der Waals surface area (Å²) in [4.78, 5) is 0. The van der Waals surface area contributed by atoms with Crippen molar-refractivity contribution < 1.29 is 0 Å². The van der Waals surface area contributed by atoms with Crippen LogP contribution in [0.3, 0.4) is 0 Å². The standard InChI is InChI=1S/C15H24N4/c1-19-3-2-13(18-19)14(17-16)15-7-10-4-11(8-15)6-12(5-10)9-15/h2-3,10-12,14,17H,4-9,16H2,1H3. The Morgan fingerprint density at radius 3 is 2.26 bits per heavy atom. The first kappa shape index (κ1) is 11.9. The summed E-state index contributed by atoms with van der Waals surface area (Å²) in [6.07, 6.45) is 10.5. The number of hydrazine groups is 1. The predicted molar refractivity (Wildman–Crippen MR) is 73.9 cm³/mol. The number of hydrogen-bond donors (Lipinski definition) is 2. The van der Waals surface area contributed by atoms with Gasteiger partial charge in [0.1, 0.15) is 0 Å². The fourth-order valence-corrected chi connectivity index (χ4v) is 5.69. The van der Waals surface area contributed by atoms with E-state index in [1.165, 1.54) is 38.5 Å². The van der Waals surface area contributed by atoms with Crippen LogP contribution in [0.4, 0.5) is 0 Å². The Hall–Kier alpha value is -0.870. The van der Waals surface area contributed by atoms with E-state index in [1.807, 2.05) is 17.9 Å². The van der Waals surface area contributed by atoms with Gasteiger partial charge in [-0.05, 0) is 67.8 Å². The SMILES string of the molecule is Cn1ccc(C(NN)C23CC4CC(CC(C4)C2)C3)n1. The van der Waals surface area contributed by atoms with E-state index in [-0.39, 0.29) is 6.04 Å². The second kappa shape index (κ2) is 4.06. The van der Waals surface area contributed by atoms with Crippen LogP contribution in [-0.4, -0.2) is 9.78 Å². The van der Waals surface area contributed by atoms with E-state index >= 15 is 0 Å². The lowest BCUT2D eigenvalue weighted by Gasteiger charge is -2.59. The fraction of sp³-hybridized carbons (Fsp3) is 0.800. The average Bonchev–Trinajstić information content (AvgIpc) is 2.74. The molecule has 1 heterocycles. The maximum absolute atomic E-state index is 5.94. The van der Waals surface area contributed by atoms with Gasteiger partial charge in [-0.1, -0.05) is 0 Å². The van der Waals surface area contributed by atoms with Crippen molar-refractivity contribution in [3.63, 3.8) is 0 Å². The molecule has 3 N–H and O–H groups in total. The lowest BCUT2D eigenvalue weighted by molar-refractivity contribution is -0.0757. The van der Waals surface area contributed by atoms with Gasteiger partial charge in [0, 0.05) is 13.2 Å². The number of nitrogens with two attached hydrogens (primary N) is 1. The van der Waals surface area contributed by atoms with E-state index in [0.717, 1.165) is 23.4 Å². The summed E-state index contributed by atoms with van der Waals surface area (Å²) in [6, 6.07) is 2.37. The molecule has 4 aliphatic rings. The molecule has 5 rings (SSSR count). The van der Waals surface area contributed by atoms with Crippen molar-refractivity contribution in [1.29, 1.82) is 0 Å². The largest absolute Gasteiger partial charge is 0.275 e. The lowest BCUT2D eigenvalue weighted by Crippen LogP contribution is -2.53. The van der Waals surface area contributed by atoms with E-state index in [2.05, 4.69) is 16.6 Å². The Morgan fingerprint density at radius 1 is 1.26 bits per heavy atom. The highest BCUT2D eigenvalue weighted by atomic mass is 15.3. The quantitative estimate of drug-likeness (QED) is 0.646. The normalized spacial score (nSPS) is 41.7. The second-order valence-electron chi connectivity index (χ2n) is 7.29. The summed E-state index contributed by atoms with van der Waals surface area (Å²) in [6.45, 7) is 0. The average molecular weight is 260 g/mol. The number of nitrogens with zero attached hydrogens (tertiary/aromatic N) is 2. The summed E-state index contributed by atoms with van der Waals surface area (Å²) < 4.78 is 1.89. The molecule has 0 amide bonds. The van der Waals surface area contributed by atoms with Gasteiger partial charge < -0.3 is 0 Å². The third kappa shape index (κ3) is 1.77. The topological polar surface area (TPSA) is 55.9 Å². The number of hydrogen-bond acceptors (Lipinski definition) is 3. The Labute approximate surface area is 114 Å². The zero-order valence-corrected chi connectivity index (χ0v) is 11.7. The molecule has 0 aliphatic heterocycles. The number of aromatic nitrogens is 2. The van der Waals surface area contributed by atoms with Crippen LogP contribution in [0.25, 0.3) is 0 Å². The molecule has 4 fully saturated rings. The molecule has 1 aromatic heterocycles. The van der Waals surface area contributed by atoms with Crippen molar-refractivity contribution >= 4 is 0 Å². The molecule has 1 atom stereocenters. The van der Waals surface area contributed by atoms with Crippen molar-refractivity contribution in [3.8, 4) is 0 Å². The molecule has 1 aromatic rings. The number of nitrogens with one attached hydrogen (secondary N) is 1. The first-order chi connectivity index (χ1) is 9.18. The Bertz CT molecular complexity index is 443. The first-order valence-corrected chi connectivity index (χ1v) is 7.64. The maximum Gasteiger partial charge on any atom is 0.0813 e. The van der Waals surface area contributed by atoms with Crippen molar-refractivity contribution in [3.05, 3.63) is 18.0 Å². The molecule has 4 bridgehead atoms. The summed E-state index contributed by atoms with van der Waals surface area (Å²) in [5, 5.41) is 4.61. The minimum atomic E-state index is 0.238. The molecule has 1 unspecified atom stereocenters. The third-order valence-corrected chi connectivity index (χ3v) is 5.89. The predicted octanol–water partition coefficient (Wildman–Crippen LogP) is 2.14. The monoisotopic (exact) mass is 260 g/mol.